The highest BCUT2D eigenvalue weighted by atomic mass is 16.6. The second kappa shape index (κ2) is 21.6. The van der Waals surface area contributed by atoms with E-state index in [0.717, 1.165) is 44.9 Å². The summed E-state index contributed by atoms with van der Waals surface area (Å²) in [6.45, 7) is 29.8. The minimum Gasteiger partial charge on any atom is -0.446 e. The second-order valence-electron chi connectivity index (χ2n) is 26.5. The largest absolute Gasteiger partial charge is 0.446 e. The molecule has 0 aromatic carbocycles. The third-order valence-electron chi connectivity index (χ3n) is 21.2. The van der Waals surface area contributed by atoms with Gasteiger partial charge in [-0.05, 0) is 120 Å². The summed E-state index contributed by atoms with van der Waals surface area (Å²) in [7, 11) is 1.72. The van der Waals surface area contributed by atoms with Crippen molar-refractivity contribution in [2.45, 2.75) is 220 Å². The maximum Gasteiger partial charge on any atom is 0.416 e. The molecule has 0 heterocycles. The number of ether oxygens (including phenoxy) is 6. The molecule has 18 heteroatoms. The Hall–Kier alpha value is -4.55. The molecule has 8 saturated carbocycles. The first-order chi connectivity index (χ1) is 35.4. The molecule has 0 aromatic heterocycles. The van der Waals surface area contributed by atoms with E-state index in [2.05, 4.69) is 70.7 Å². The summed E-state index contributed by atoms with van der Waals surface area (Å²) in [5.41, 5.74) is 1.77. The van der Waals surface area contributed by atoms with E-state index in [-0.39, 0.29) is 88.6 Å². The lowest BCUT2D eigenvalue weighted by Gasteiger charge is -2.61. The molecule has 0 saturated heterocycles. The number of methoxy groups -OCH3 is 1. The molecule has 0 radical (unpaired) electrons. The lowest BCUT2D eigenvalue weighted by atomic mass is 9.44. The number of carbonyl (C=O) groups is 7. The topological polar surface area (TPSA) is 257 Å². The highest BCUT2D eigenvalue weighted by molar-refractivity contribution is 5.90. The molecule has 18 nitrogen and oxygen atoms in total. The van der Waals surface area contributed by atoms with Gasteiger partial charge in [0, 0.05) is 84.3 Å². The van der Waals surface area contributed by atoms with Crippen molar-refractivity contribution >= 4 is 42.0 Å². The second-order valence-corrected chi connectivity index (χ2v) is 26.5. The summed E-state index contributed by atoms with van der Waals surface area (Å²) in [5.74, 6) is 0.0233. The van der Waals surface area contributed by atoms with Crippen molar-refractivity contribution in [2.75, 3.05) is 7.11 Å². The normalized spacial score (nSPS) is 44.2. The van der Waals surface area contributed by atoms with Crippen molar-refractivity contribution in [1.82, 2.24) is 16.0 Å². The van der Waals surface area contributed by atoms with Crippen LogP contribution in [0.2, 0.25) is 0 Å². The van der Waals surface area contributed by atoms with Crippen LogP contribution in [-0.2, 0) is 38.0 Å². The summed E-state index contributed by atoms with van der Waals surface area (Å²) in [6, 6.07) is -0.161. The predicted octanol–water partition coefficient (Wildman–Crippen LogP) is 9.62. The van der Waals surface area contributed by atoms with Crippen LogP contribution in [0.25, 0.3) is 0 Å². The SMILES string of the molecule is C=C[C@]1(C)C[C@@H](OC(=O)NC(=O)OC2CC(N)C2)[C@]2(C)C(C)CC[C@]3(CCC(=O)[C@H]32)[C@@H](C)[C@@H]1O.C=C[C@]1(C)C[C@@H](OC(=O)NC(=O)OC2CC(NC(=O)OC(C)(C)C)C2)[C@]2(C)C(C)CC[C@]3(CC[C@@H](OC)C32)[C@@H](C)C1=O. The number of nitrogens with two attached hydrogens (primary N) is 1. The van der Waals surface area contributed by atoms with Crippen molar-refractivity contribution in [2.24, 2.45) is 73.7 Å². The standard InChI is InChI=1S/C32H50N2O8.C26H40N2O6/c1-10-30(7)17-23(31(8)18(2)11-13-32(19(3)25(30)35)14-12-22(39-9)24(31)32)41-27(37)34-26(36)40-21-15-20(16-21)33-28(38)42-29(4,5)6;1-6-24(4)13-19(34-23(32)28-22(31)33-17-11-16(27)12-17)25(5)14(2)7-9-26(15(3)21(24)30)10-8-18(29)20(25)26/h10,18-24H,1,11-17H2,2-9H3,(H,33,38)(H,34,36,37);6,14-17,19-21,30H,1,7-13,27H2,2-5H3,(H,28,31,32)/t18?,19-,20?,21?,22+,23+,24?,30+,31-,32-;14?,15-,16?,17?,19+,20-,21-,24+,25-,26-/m00/s1. The van der Waals surface area contributed by atoms with E-state index in [9.17, 15) is 38.7 Å². The summed E-state index contributed by atoms with van der Waals surface area (Å²) >= 11 is 0. The molecule has 8 fully saturated rings. The van der Waals surface area contributed by atoms with E-state index < -0.39 is 82.1 Å². The number of alkyl carbamates (subject to hydrolysis) is 5. The van der Waals surface area contributed by atoms with Gasteiger partial charge in [0.1, 0.15) is 41.6 Å². The average molecular weight is 1070 g/mol. The summed E-state index contributed by atoms with van der Waals surface area (Å²) in [4.78, 5) is 90.3. The van der Waals surface area contributed by atoms with Crippen LogP contribution in [0.5, 0.6) is 0 Å². The van der Waals surface area contributed by atoms with Gasteiger partial charge in [-0.2, -0.15) is 0 Å². The number of aliphatic hydroxyl groups excluding tert-OH is 1. The Morgan fingerprint density at radius 3 is 1.74 bits per heavy atom. The number of allylic oxidation sites excluding steroid dienone is 1. The van der Waals surface area contributed by atoms with Gasteiger partial charge < -0.3 is 44.6 Å². The first-order valence-electron chi connectivity index (χ1n) is 28.0. The zero-order chi connectivity index (χ0) is 56.3. The van der Waals surface area contributed by atoms with E-state index >= 15 is 0 Å². The van der Waals surface area contributed by atoms with Gasteiger partial charge in [-0.15, -0.1) is 13.2 Å². The van der Waals surface area contributed by atoms with Gasteiger partial charge in [0.05, 0.1) is 12.2 Å². The fourth-order valence-electron chi connectivity index (χ4n) is 16.1. The van der Waals surface area contributed by atoms with Crippen molar-refractivity contribution in [3.63, 3.8) is 0 Å². The number of imide groups is 2. The Morgan fingerprint density at radius 1 is 0.697 bits per heavy atom. The van der Waals surface area contributed by atoms with Crippen LogP contribution in [0.3, 0.4) is 0 Å². The third-order valence-corrected chi connectivity index (χ3v) is 21.2. The first-order valence-corrected chi connectivity index (χ1v) is 28.0. The molecule has 8 aliphatic carbocycles. The molecule has 426 valence electrons. The molecule has 0 spiro atoms. The van der Waals surface area contributed by atoms with Gasteiger partial charge in [-0.1, -0.05) is 60.6 Å². The summed E-state index contributed by atoms with van der Waals surface area (Å²) in [5, 5.41) is 18.7. The summed E-state index contributed by atoms with van der Waals surface area (Å²) in [6.07, 6.45) is 5.53. The van der Waals surface area contributed by atoms with Gasteiger partial charge in [-0.3, -0.25) is 9.59 Å². The molecular weight excluding hydrogens is 977 g/mol. The van der Waals surface area contributed by atoms with Crippen LogP contribution in [0.15, 0.2) is 25.3 Å². The van der Waals surface area contributed by atoms with E-state index in [4.69, 9.17) is 34.2 Å². The number of rotatable bonds is 8. The van der Waals surface area contributed by atoms with Gasteiger partial charge in [-0.25, -0.2) is 34.6 Å². The molecule has 8 aliphatic rings. The molecule has 8 rings (SSSR count). The molecule has 0 aliphatic heterocycles. The number of amides is 5. The zero-order valence-electron chi connectivity index (χ0n) is 47.4. The van der Waals surface area contributed by atoms with E-state index in [1.807, 2.05) is 13.8 Å². The average Bonchev–Trinajstić information content (AvgIpc) is 3.89. The van der Waals surface area contributed by atoms with Gasteiger partial charge >= 0.3 is 30.5 Å². The van der Waals surface area contributed by atoms with Gasteiger partial charge in [0.25, 0.3) is 0 Å². The Kier molecular flexibility index (Phi) is 16.8. The quantitative estimate of drug-likeness (QED) is 0.112. The van der Waals surface area contributed by atoms with Crippen LogP contribution in [0.4, 0.5) is 24.0 Å². The first kappa shape index (κ1) is 59.1. The zero-order valence-corrected chi connectivity index (χ0v) is 47.4. The number of hydrogen-bond acceptors (Lipinski definition) is 15. The number of hydrogen-bond donors (Lipinski definition) is 5. The Morgan fingerprint density at radius 2 is 1.21 bits per heavy atom. The van der Waals surface area contributed by atoms with Crippen LogP contribution in [-0.4, -0.2) is 109 Å². The minimum absolute atomic E-state index is 0.0150. The Labute approximate surface area is 450 Å². The van der Waals surface area contributed by atoms with Crippen LogP contribution < -0.4 is 21.7 Å². The molecule has 0 aromatic rings. The Bertz CT molecular complexity index is 2280. The summed E-state index contributed by atoms with van der Waals surface area (Å²) < 4.78 is 34.0. The van der Waals surface area contributed by atoms with Gasteiger partial charge in [0.15, 0.2) is 0 Å². The number of ketones is 2. The fourth-order valence-corrected chi connectivity index (χ4v) is 16.1. The highest BCUT2D eigenvalue weighted by Gasteiger charge is 2.70. The molecule has 6 N–H and O–H groups in total. The molecule has 76 heavy (non-hydrogen) atoms. The maximum absolute atomic E-state index is 14.0. The van der Waals surface area contributed by atoms with Gasteiger partial charge in [0.2, 0.25) is 0 Å². The number of carbonyl (C=O) groups excluding carboxylic acids is 7. The van der Waals surface area contributed by atoms with E-state index in [1.54, 1.807) is 40.0 Å². The lowest BCUT2D eigenvalue weighted by molar-refractivity contribution is -0.191. The van der Waals surface area contributed by atoms with Crippen molar-refractivity contribution in [1.29, 1.82) is 0 Å². The number of aliphatic hydroxyl groups is 1. The molecular formula is C58H90N4O14. The lowest BCUT2D eigenvalue weighted by Crippen LogP contribution is -2.63. The Balaban J connectivity index is 0.000000226. The fraction of sp³-hybridized carbons (Fsp3) is 0.810. The van der Waals surface area contributed by atoms with Crippen LogP contribution >= 0.6 is 0 Å². The monoisotopic (exact) mass is 1070 g/mol. The van der Waals surface area contributed by atoms with Crippen molar-refractivity contribution in [3.8, 4) is 0 Å². The molecule has 5 amide bonds. The predicted molar refractivity (Wildman–Crippen MR) is 281 cm³/mol. The molecule has 4 bridgehead atoms. The van der Waals surface area contributed by atoms with Crippen molar-refractivity contribution in [3.05, 3.63) is 25.3 Å². The molecule has 3 unspecified atom stereocenters. The number of nitrogens with one attached hydrogen (secondary N) is 3. The number of Topliss-reactive ketones (excluding diaryl/α,β-unsaturated/α-hetero) is 2. The van der Waals surface area contributed by atoms with Crippen LogP contribution in [0, 0.1) is 68.0 Å². The minimum atomic E-state index is -0.908. The third kappa shape index (κ3) is 10.7. The van der Waals surface area contributed by atoms with Crippen molar-refractivity contribution < 1.29 is 67.1 Å². The maximum atomic E-state index is 14.0. The van der Waals surface area contributed by atoms with Crippen LogP contribution in [0.1, 0.15) is 166 Å². The van der Waals surface area contributed by atoms with E-state index in [0.29, 0.717) is 38.5 Å². The van der Waals surface area contributed by atoms with E-state index in [1.165, 1.54) is 0 Å². The molecule has 16 atom stereocenters. The smallest absolute Gasteiger partial charge is 0.416 e. The highest BCUT2D eigenvalue weighted by Crippen LogP contribution is 2.70.